The van der Waals surface area contributed by atoms with Crippen molar-refractivity contribution in [3.8, 4) is 5.75 Å². The molecular weight excluding hydrogens is 279 g/mol. The Morgan fingerprint density at radius 1 is 1.14 bits per heavy atom. The summed E-state index contributed by atoms with van der Waals surface area (Å²) in [7, 11) is 0. The Hall–Kier alpha value is -1.75. The predicted molar refractivity (Wildman–Crippen MR) is 75.2 cm³/mol. The number of aromatic hydroxyl groups is 1. The van der Waals surface area contributed by atoms with Crippen molar-refractivity contribution >= 4 is 10.8 Å². The maximum Gasteiger partial charge on any atom is 0.406 e. The second-order valence-corrected chi connectivity index (χ2v) is 5.67. The zero-order valence-electron chi connectivity index (χ0n) is 11.5. The van der Waals surface area contributed by atoms with Crippen molar-refractivity contribution in [2.45, 2.75) is 37.5 Å². The van der Waals surface area contributed by atoms with Gasteiger partial charge in [0.2, 0.25) is 0 Å². The largest absolute Gasteiger partial charge is 0.507 e. The van der Waals surface area contributed by atoms with Gasteiger partial charge in [0.25, 0.3) is 0 Å². The molecule has 0 amide bonds. The third-order valence-electron chi connectivity index (χ3n) is 4.18. The van der Waals surface area contributed by atoms with E-state index in [1.165, 1.54) is 0 Å². The van der Waals surface area contributed by atoms with Crippen LogP contribution in [0.3, 0.4) is 0 Å². The maximum absolute atomic E-state index is 13.0. The number of benzene rings is 2. The molecule has 0 aliphatic heterocycles. The fourth-order valence-corrected chi connectivity index (χ4v) is 2.75. The quantitative estimate of drug-likeness (QED) is 0.885. The van der Waals surface area contributed by atoms with Gasteiger partial charge < -0.3 is 5.11 Å². The van der Waals surface area contributed by atoms with Crippen LogP contribution in [0.5, 0.6) is 5.75 Å². The summed E-state index contributed by atoms with van der Waals surface area (Å²) in [6, 6.07) is 10.2. The van der Waals surface area contributed by atoms with Crippen LogP contribution in [0, 0.1) is 0 Å². The maximum atomic E-state index is 13.0. The molecule has 5 heteroatoms. The third kappa shape index (κ3) is 2.35. The number of alkyl halides is 3. The van der Waals surface area contributed by atoms with Gasteiger partial charge >= 0.3 is 6.18 Å². The molecule has 21 heavy (non-hydrogen) atoms. The Labute approximate surface area is 120 Å². The first-order chi connectivity index (χ1) is 9.84. The SMILES string of the molecule is CC(NC1(C(F)(F)F)CC1)c1ccc2ccccc2c1O. The first-order valence-corrected chi connectivity index (χ1v) is 6.89. The summed E-state index contributed by atoms with van der Waals surface area (Å²) in [6.07, 6.45) is -4.07. The Morgan fingerprint density at radius 3 is 2.43 bits per heavy atom. The van der Waals surface area contributed by atoms with E-state index in [1.54, 1.807) is 25.1 Å². The van der Waals surface area contributed by atoms with Crippen LogP contribution < -0.4 is 5.32 Å². The summed E-state index contributed by atoms with van der Waals surface area (Å²) >= 11 is 0. The fraction of sp³-hybridized carbons (Fsp3) is 0.375. The Bertz CT molecular complexity index is 677. The van der Waals surface area contributed by atoms with Crippen LogP contribution in [-0.4, -0.2) is 16.8 Å². The predicted octanol–water partition coefficient (Wildman–Crippen LogP) is 4.29. The van der Waals surface area contributed by atoms with Crippen LogP contribution >= 0.6 is 0 Å². The lowest BCUT2D eigenvalue weighted by Crippen LogP contribution is -2.45. The van der Waals surface area contributed by atoms with Gasteiger partial charge in [-0.05, 0) is 25.2 Å². The van der Waals surface area contributed by atoms with E-state index in [2.05, 4.69) is 5.32 Å². The molecule has 2 aromatic rings. The molecule has 1 aliphatic rings. The number of halogens is 3. The van der Waals surface area contributed by atoms with E-state index in [9.17, 15) is 18.3 Å². The van der Waals surface area contributed by atoms with Crippen molar-refractivity contribution in [2.75, 3.05) is 0 Å². The number of rotatable bonds is 3. The normalized spacial score (nSPS) is 18.7. The molecule has 1 saturated carbocycles. The summed E-state index contributed by atoms with van der Waals surface area (Å²) in [4.78, 5) is 0. The Morgan fingerprint density at radius 2 is 1.81 bits per heavy atom. The lowest BCUT2D eigenvalue weighted by atomic mass is 10.00. The van der Waals surface area contributed by atoms with Crippen molar-refractivity contribution in [1.82, 2.24) is 5.32 Å². The van der Waals surface area contributed by atoms with Gasteiger partial charge in [0.1, 0.15) is 11.3 Å². The molecule has 0 aromatic heterocycles. The van der Waals surface area contributed by atoms with Gasteiger partial charge in [0.05, 0.1) is 0 Å². The van der Waals surface area contributed by atoms with Crippen LogP contribution in [-0.2, 0) is 0 Å². The second-order valence-electron chi connectivity index (χ2n) is 5.67. The molecule has 0 spiro atoms. The third-order valence-corrected chi connectivity index (χ3v) is 4.18. The van der Waals surface area contributed by atoms with E-state index in [0.29, 0.717) is 10.9 Å². The number of phenolic OH excluding ortho intramolecular Hbond substituents is 1. The number of hydrogen-bond donors (Lipinski definition) is 2. The molecule has 2 nitrogen and oxygen atoms in total. The van der Waals surface area contributed by atoms with E-state index in [4.69, 9.17) is 0 Å². The van der Waals surface area contributed by atoms with Gasteiger partial charge in [-0.15, -0.1) is 0 Å². The van der Waals surface area contributed by atoms with Crippen LogP contribution in [0.4, 0.5) is 13.2 Å². The zero-order valence-corrected chi connectivity index (χ0v) is 11.5. The van der Waals surface area contributed by atoms with Crippen molar-refractivity contribution in [2.24, 2.45) is 0 Å². The van der Waals surface area contributed by atoms with Gasteiger partial charge in [-0.1, -0.05) is 36.4 Å². The molecule has 1 atom stereocenters. The topological polar surface area (TPSA) is 32.3 Å². The zero-order chi connectivity index (χ0) is 15.3. The molecule has 0 bridgehead atoms. The monoisotopic (exact) mass is 295 g/mol. The highest BCUT2D eigenvalue weighted by Crippen LogP contribution is 2.50. The van der Waals surface area contributed by atoms with E-state index in [0.717, 1.165) is 5.39 Å². The average Bonchev–Trinajstić information content (AvgIpc) is 3.20. The first-order valence-electron chi connectivity index (χ1n) is 6.89. The van der Waals surface area contributed by atoms with Crippen molar-refractivity contribution in [3.63, 3.8) is 0 Å². The van der Waals surface area contributed by atoms with Crippen molar-refractivity contribution in [3.05, 3.63) is 42.0 Å². The van der Waals surface area contributed by atoms with Crippen molar-refractivity contribution < 1.29 is 18.3 Å². The summed E-state index contributed by atoms with van der Waals surface area (Å²) in [6.45, 7) is 1.65. The van der Waals surface area contributed by atoms with Crippen LogP contribution in [0.25, 0.3) is 10.8 Å². The van der Waals surface area contributed by atoms with Crippen LogP contribution in [0.2, 0.25) is 0 Å². The molecule has 1 fully saturated rings. The number of phenols is 1. The van der Waals surface area contributed by atoms with Crippen LogP contribution in [0.1, 0.15) is 31.4 Å². The van der Waals surface area contributed by atoms with E-state index < -0.39 is 17.8 Å². The van der Waals surface area contributed by atoms with Gasteiger partial charge in [0, 0.05) is 17.0 Å². The highest BCUT2D eigenvalue weighted by molar-refractivity contribution is 5.89. The number of nitrogens with one attached hydrogen (secondary N) is 1. The fourth-order valence-electron chi connectivity index (χ4n) is 2.75. The number of fused-ring (bicyclic) bond motifs is 1. The summed E-state index contributed by atoms with van der Waals surface area (Å²) < 4.78 is 39.0. The minimum Gasteiger partial charge on any atom is -0.507 e. The van der Waals surface area contributed by atoms with Gasteiger partial charge in [-0.25, -0.2) is 0 Å². The highest BCUT2D eigenvalue weighted by atomic mass is 19.4. The number of hydrogen-bond acceptors (Lipinski definition) is 2. The lowest BCUT2D eigenvalue weighted by Gasteiger charge is -2.26. The van der Waals surface area contributed by atoms with E-state index >= 15 is 0 Å². The molecule has 3 rings (SSSR count). The van der Waals surface area contributed by atoms with Gasteiger partial charge in [0.15, 0.2) is 0 Å². The average molecular weight is 295 g/mol. The second kappa shape index (κ2) is 4.63. The van der Waals surface area contributed by atoms with E-state index in [-0.39, 0.29) is 18.6 Å². The van der Waals surface area contributed by atoms with E-state index in [1.807, 2.05) is 18.2 Å². The highest BCUT2D eigenvalue weighted by Gasteiger charge is 2.63. The summed E-state index contributed by atoms with van der Waals surface area (Å²) in [5, 5.41) is 14.5. The molecular formula is C16H16F3NO. The lowest BCUT2D eigenvalue weighted by molar-refractivity contribution is -0.167. The molecule has 0 heterocycles. The van der Waals surface area contributed by atoms with Gasteiger partial charge in [-0.3, -0.25) is 5.32 Å². The molecule has 1 aliphatic carbocycles. The standard InChI is InChI=1S/C16H16F3NO/c1-10(20-15(8-9-15)16(17,18)19)12-7-6-11-4-2-3-5-13(11)14(12)21/h2-7,10,20-21H,8-9H2,1H3. The van der Waals surface area contributed by atoms with Crippen molar-refractivity contribution in [1.29, 1.82) is 0 Å². The molecule has 0 saturated heterocycles. The molecule has 1 unspecified atom stereocenters. The minimum absolute atomic E-state index is 0.0473. The summed E-state index contributed by atoms with van der Waals surface area (Å²) in [5.74, 6) is 0.0473. The Balaban J connectivity index is 1.92. The Kier molecular flexibility index (Phi) is 3.13. The molecule has 2 N–H and O–H groups in total. The molecule has 0 radical (unpaired) electrons. The smallest absolute Gasteiger partial charge is 0.406 e. The summed E-state index contributed by atoms with van der Waals surface area (Å²) in [5.41, 5.74) is -1.30. The van der Waals surface area contributed by atoms with Crippen LogP contribution in [0.15, 0.2) is 36.4 Å². The molecule has 2 aromatic carbocycles. The minimum atomic E-state index is -4.26. The molecule has 112 valence electrons. The van der Waals surface area contributed by atoms with Gasteiger partial charge in [-0.2, -0.15) is 13.2 Å². The first kappa shape index (κ1) is 14.2.